The van der Waals surface area contributed by atoms with Gasteiger partial charge in [-0.05, 0) is 25.2 Å². The van der Waals surface area contributed by atoms with Crippen molar-refractivity contribution in [3.8, 4) is 0 Å². The van der Waals surface area contributed by atoms with Crippen LogP contribution in [0.15, 0.2) is 17.0 Å². The number of hydrogen-bond acceptors (Lipinski definition) is 3. The third kappa shape index (κ3) is 6.28. The number of hydrogen-bond donors (Lipinski definition) is 0. The lowest BCUT2D eigenvalue weighted by molar-refractivity contribution is 0.140. The first-order valence-electron chi connectivity index (χ1n) is 5.54. The van der Waals surface area contributed by atoms with E-state index < -0.39 is 0 Å². The highest BCUT2D eigenvalue weighted by Crippen LogP contribution is 2.05. The van der Waals surface area contributed by atoms with Crippen molar-refractivity contribution in [1.29, 1.82) is 0 Å². The van der Waals surface area contributed by atoms with E-state index in [-0.39, 0.29) is 0 Å². The fourth-order valence-electron chi connectivity index (χ4n) is 1.34. The Hall–Kier alpha value is -0.830. The lowest BCUT2D eigenvalue weighted by atomic mass is 10.1. The van der Waals surface area contributed by atoms with Gasteiger partial charge >= 0.3 is 0 Å². The number of nitrogens with zero attached hydrogens (tertiary/aromatic N) is 1. The van der Waals surface area contributed by atoms with Crippen LogP contribution in [0.2, 0.25) is 0 Å². The van der Waals surface area contributed by atoms with Crippen molar-refractivity contribution in [2.75, 3.05) is 13.2 Å². The molecule has 0 bridgehead atoms. The van der Waals surface area contributed by atoms with Gasteiger partial charge in [0.2, 0.25) is 0 Å². The number of aryl methyl sites for hydroxylation is 1. The summed E-state index contributed by atoms with van der Waals surface area (Å²) in [7, 11) is 0. The van der Waals surface area contributed by atoms with Gasteiger partial charge in [-0.15, -0.1) is 0 Å². The van der Waals surface area contributed by atoms with E-state index in [9.17, 15) is 0 Å². The summed E-state index contributed by atoms with van der Waals surface area (Å²) in [5.41, 5.74) is 1.19. The Labute approximate surface area is 91.8 Å². The van der Waals surface area contributed by atoms with Crippen molar-refractivity contribution in [2.24, 2.45) is 0 Å². The zero-order valence-corrected chi connectivity index (χ0v) is 9.66. The molecule has 0 aromatic carbocycles. The van der Waals surface area contributed by atoms with Gasteiger partial charge in [-0.1, -0.05) is 25.4 Å². The molecule has 0 aliphatic rings. The van der Waals surface area contributed by atoms with Crippen LogP contribution in [-0.4, -0.2) is 18.4 Å². The Kier molecular flexibility index (Phi) is 6.09. The Balaban J connectivity index is 1.85. The van der Waals surface area contributed by atoms with Crippen molar-refractivity contribution in [3.05, 3.63) is 23.9 Å². The fraction of sp³-hybridized carbons (Fsp3) is 0.667. The zero-order valence-electron chi connectivity index (χ0n) is 9.66. The molecule has 0 spiro atoms. The van der Waals surface area contributed by atoms with Crippen molar-refractivity contribution < 1.29 is 9.26 Å². The van der Waals surface area contributed by atoms with Gasteiger partial charge in [0, 0.05) is 12.2 Å². The van der Waals surface area contributed by atoms with Gasteiger partial charge in [0.15, 0.2) is 0 Å². The van der Waals surface area contributed by atoms with Crippen LogP contribution < -0.4 is 0 Å². The number of unbranched alkanes of at least 4 members (excludes halogenated alkanes) is 2. The average molecular weight is 210 g/mol. The second kappa shape index (κ2) is 7.46. The SMILES string of the molecule is C[C](C)COCCCCCc1cnoc1. The normalized spacial score (nSPS) is 11.1. The van der Waals surface area contributed by atoms with E-state index >= 15 is 0 Å². The summed E-state index contributed by atoms with van der Waals surface area (Å²) < 4.78 is 10.2. The van der Waals surface area contributed by atoms with E-state index in [0.29, 0.717) is 0 Å². The zero-order chi connectivity index (χ0) is 10.9. The average Bonchev–Trinajstić information content (AvgIpc) is 2.68. The summed E-state index contributed by atoms with van der Waals surface area (Å²) in [6.07, 6.45) is 8.08. The molecule has 0 aliphatic heterocycles. The van der Waals surface area contributed by atoms with Crippen LogP contribution in [0.4, 0.5) is 0 Å². The molecule has 1 heterocycles. The van der Waals surface area contributed by atoms with Crippen molar-refractivity contribution in [1.82, 2.24) is 5.16 Å². The molecule has 0 amide bonds. The van der Waals surface area contributed by atoms with Gasteiger partial charge in [0.25, 0.3) is 0 Å². The van der Waals surface area contributed by atoms with Gasteiger partial charge < -0.3 is 9.26 Å². The number of rotatable bonds is 8. The molecule has 0 N–H and O–H groups in total. The van der Waals surface area contributed by atoms with Crippen LogP contribution in [0.1, 0.15) is 38.7 Å². The van der Waals surface area contributed by atoms with E-state index in [1.54, 1.807) is 12.5 Å². The molecule has 3 nitrogen and oxygen atoms in total. The highest BCUT2D eigenvalue weighted by atomic mass is 16.5. The van der Waals surface area contributed by atoms with Crippen molar-refractivity contribution >= 4 is 0 Å². The monoisotopic (exact) mass is 210 g/mol. The molecule has 0 saturated heterocycles. The minimum absolute atomic E-state index is 0.797. The minimum atomic E-state index is 0.797. The largest absolute Gasteiger partial charge is 0.381 e. The molecule has 1 radical (unpaired) electrons. The molecule has 0 saturated carbocycles. The Morgan fingerprint density at radius 3 is 2.87 bits per heavy atom. The predicted octanol–water partition coefficient (Wildman–Crippen LogP) is 3.02. The Bertz CT molecular complexity index is 232. The first-order valence-corrected chi connectivity index (χ1v) is 5.54. The van der Waals surface area contributed by atoms with Crippen LogP contribution in [-0.2, 0) is 11.2 Å². The van der Waals surface area contributed by atoms with Gasteiger partial charge in [-0.2, -0.15) is 0 Å². The van der Waals surface area contributed by atoms with Crippen molar-refractivity contribution in [3.63, 3.8) is 0 Å². The van der Waals surface area contributed by atoms with Crippen LogP contribution >= 0.6 is 0 Å². The molecule has 0 unspecified atom stereocenters. The molecule has 0 aliphatic carbocycles. The first-order chi connectivity index (χ1) is 7.29. The lowest BCUT2D eigenvalue weighted by Crippen LogP contribution is -2.01. The van der Waals surface area contributed by atoms with E-state index in [0.717, 1.165) is 26.1 Å². The smallest absolute Gasteiger partial charge is 0.126 e. The van der Waals surface area contributed by atoms with E-state index in [4.69, 9.17) is 9.26 Å². The molecule has 3 heteroatoms. The molecule has 1 aromatic rings. The summed E-state index contributed by atoms with van der Waals surface area (Å²) in [6.45, 7) is 5.85. The summed E-state index contributed by atoms with van der Waals surface area (Å²) in [5, 5.41) is 3.67. The van der Waals surface area contributed by atoms with Gasteiger partial charge in [0.05, 0.1) is 12.8 Å². The third-order valence-electron chi connectivity index (χ3n) is 2.13. The Morgan fingerprint density at radius 2 is 2.20 bits per heavy atom. The first kappa shape index (κ1) is 12.2. The Morgan fingerprint density at radius 1 is 1.33 bits per heavy atom. The summed E-state index contributed by atoms with van der Waals surface area (Å²) in [5.74, 6) is 1.33. The second-order valence-corrected chi connectivity index (χ2v) is 4.10. The lowest BCUT2D eigenvalue weighted by Gasteiger charge is -2.05. The maximum Gasteiger partial charge on any atom is 0.126 e. The third-order valence-corrected chi connectivity index (χ3v) is 2.13. The van der Waals surface area contributed by atoms with E-state index in [2.05, 4.69) is 19.0 Å². The quantitative estimate of drug-likeness (QED) is 0.619. The second-order valence-electron chi connectivity index (χ2n) is 4.10. The standard InChI is InChI=1S/C12H20NO2/c1-11(2)9-14-7-5-3-4-6-12-8-13-15-10-12/h8,10H,3-7,9H2,1-2H3. The molecular formula is C12H20NO2. The van der Waals surface area contributed by atoms with Crippen LogP contribution in [0.25, 0.3) is 0 Å². The predicted molar refractivity (Wildman–Crippen MR) is 59.5 cm³/mol. The van der Waals surface area contributed by atoms with E-state index in [1.807, 2.05) is 0 Å². The fourth-order valence-corrected chi connectivity index (χ4v) is 1.34. The van der Waals surface area contributed by atoms with Crippen molar-refractivity contribution in [2.45, 2.75) is 39.5 Å². The summed E-state index contributed by atoms with van der Waals surface area (Å²) >= 11 is 0. The maximum atomic E-state index is 5.46. The number of ether oxygens (including phenoxy) is 1. The van der Waals surface area contributed by atoms with Gasteiger partial charge in [-0.3, -0.25) is 0 Å². The molecule has 1 aromatic heterocycles. The van der Waals surface area contributed by atoms with Crippen LogP contribution in [0, 0.1) is 5.92 Å². The minimum Gasteiger partial charge on any atom is -0.381 e. The highest BCUT2D eigenvalue weighted by molar-refractivity contribution is 4.99. The van der Waals surface area contributed by atoms with Crippen LogP contribution in [0.5, 0.6) is 0 Å². The highest BCUT2D eigenvalue weighted by Gasteiger charge is 1.97. The molecule has 0 atom stereocenters. The number of aromatic nitrogens is 1. The summed E-state index contributed by atoms with van der Waals surface area (Å²) in [6, 6.07) is 0. The van der Waals surface area contributed by atoms with Gasteiger partial charge in [-0.25, -0.2) is 0 Å². The molecule has 85 valence electrons. The maximum absolute atomic E-state index is 5.46. The molecule has 1 rings (SSSR count). The molecule has 15 heavy (non-hydrogen) atoms. The molecular weight excluding hydrogens is 190 g/mol. The molecule has 0 fully saturated rings. The van der Waals surface area contributed by atoms with Crippen LogP contribution in [0.3, 0.4) is 0 Å². The topological polar surface area (TPSA) is 35.3 Å². The van der Waals surface area contributed by atoms with Gasteiger partial charge in [0.1, 0.15) is 6.26 Å². The summed E-state index contributed by atoms with van der Waals surface area (Å²) in [4.78, 5) is 0. The van der Waals surface area contributed by atoms with E-state index in [1.165, 1.54) is 24.3 Å².